The van der Waals surface area contributed by atoms with E-state index in [1.807, 2.05) is 6.92 Å². The van der Waals surface area contributed by atoms with Crippen molar-refractivity contribution >= 4 is 11.6 Å². The Kier molecular flexibility index (Phi) is 2.86. The van der Waals surface area contributed by atoms with E-state index in [-0.39, 0.29) is 0 Å². The van der Waals surface area contributed by atoms with Crippen molar-refractivity contribution in [3.05, 3.63) is 11.4 Å². The van der Waals surface area contributed by atoms with Crippen LogP contribution in [-0.2, 0) is 0 Å². The zero-order chi connectivity index (χ0) is 12.7. The third-order valence-electron chi connectivity index (χ3n) is 3.94. The Bertz CT molecular complexity index is 451. The van der Waals surface area contributed by atoms with Crippen LogP contribution in [0.25, 0.3) is 0 Å². The van der Waals surface area contributed by atoms with E-state index in [0.29, 0.717) is 12.0 Å². The van der Waals surface area contributed by atoms with Gasteiger partial charge in [-0.2, -0.15) is 0 Å². The maximum Gasteiger partial charge on any atom is 0.148 e. The SMILES string of the molecule is Cc1c(NN)nc(C2CC2)nc1NC(C)C1CC1. The largest absolute Gasteiger partial charge is 0.367 e. The molecule has 5 nitrogen and oxygen atoms in total. The van der Waals surface area contributed by atoms with Crippen LogP contribution in [0.15, 0.2) is 0 Å². The van der Waals surface area contributed by atoms with Crippen LogP contribution in [0.5, 0.6) is 0 Å². The quantitative estimate of drug-likeness (QED) is 0.549. The molecule has 2 aliphatic rings. The minimum absolute atomic E-state index is 0.483. The minimum Gasteiger partial charge on any atom is -0.367 e. The van der Waals surface area contributed by atoms with Gasteiger partial charge in [-0.1, -0.05) is 0 Å². The molecular formula is C13H21N5. The molecule has 0 aromatic carbocycles. The van der Waals surface area contributed by atoms with Gasteiger partial charge in [0.25, 0.3) is 0 Å². The fourth-order valence-electron chi connectivity index (χ4n) is 2.27. The molecule has 2 saturated carbocycles. The molecule has 1 aromatic heterocycles. The van der Waals surface area contributed by atoms with Crippen LogP contribution >= 0.6 is 0 Å². The van der Waals surface area contributed by atoms with Crippen LogP contribution in [0.3, 0.4) is 0 Å². The van der Waals surface area contributed by atoms with Gasteiger partial charge >= 0.3 is 0 Å². The Morgan fingerprint density at radius 2 is 1.83 bits per heavy atom. The second kappa shape index (κ2) is 4.39. The van der Waals surface area contributed by atoms with Crippen LogP contribution in [0, 0.1) is 12.8 Å². The van der Waals surface area contributed by atoms with Crippen molar-refractivity contribution in [3.8, 4) is 0 Å². The van der Waals surface area contributed by atoms with Crippen molar-refractivity contribution < 1.29 is 0 Å². The lowest BCUT2D eigenvalue weighted by Crippen LogP contribution is -2.21. The van der Waals surface area contributed by atoms with Crippen molar-refractivity contribution in [3.63, 3.8) is 0 Å². The first kappa shape index (κ1) is 11.7. The monoisotopic (exact) mass is 247 g/mol. The molecule has 1 atom stereocenters. The summed E-state index contributed by atoms with van der Waals surface area (Å²) in [4.78, 5) is 9.17. The van der Waals surface area contributed by atoms with Crippen LogP contribution < -0.4 is 16.6 Å². The highest BCUT2D eigenvalue weighted by atomic mass is 15.3. The zero-order valence-corrected chi connectivity index (χ0v) is 11.0. The number of hydrazine groups is 1. The Balaban J connectivity index is 1.87. The number of aromatic nitrogens is 2. The van der Waals surface area contributed by atoms with Gasteiger partial charge < -0.3 is 10.7 Å². The van der Waals surface area contributed by atoms with E-state index < -0.39 is 0 Å². The highest BCUT2D eigenvalue weighted by molar-refractivity contribution is 5.57. The molecule has 1 aromatic rings. The molecular weight excluding hydrogens is 226 g/mol. The van der Waals surface area contributed by atoms with Gasteiger partial charge in [0.2, 0.25) is 0 Å². The van der Waals surface area contributed by atoms with E-state index in [2.05, 4.69) is 27.6 Å². The van der Waals surface area contributed by atoms with Crippen LogP contribution in [0.4, 0.5) is 11.6 Å². The van der Waals surface area contributed by atoms with Gasteiger partial charge in [-0.25, -0.2) is 15.8 Å². The summed E-state index contributed by atoms with van der Waals surface area (Å²) in [6.45, 7) is 4.24. The van der Waals surface area contributed by atoms with Crippen molar-refractivity contribution in [1.29, 1.82) is 0 Å². The van der Waals surface area contributed by atoms with Gasteiger partial charge in [-0.15, -0.1) is 0 Å². The summed E-state index contributed by atoms with van der Waals surface area (Å²) in [5.41, 5.74) is 3.69. The molecule has 0 saturated heterocycles. The fourth-order valence-corrected chi connectivity index (χ4v) is 2.27. The number of rotatable bonds is 5. The Morgan fingerprint density at radius 1 is 1.17 bits per heavy atom. The molecule has 3 rings (SSSR count). The number of nitrogen functional groups attached to an aromatic ring is 1. The van der Waals surface area contributed by atoms with Gasteiger partial charge in [-0.3, -0.25) is 0 Å². The first-order valence-electron chi connectivity index (χ1n) is 6.80. The van der Waals surface area contributed by atoms with Gasteiger partial charge in [0.1, 0.15) is 17.5 Å². The maximum atomic E-state index is 5.54. The number of hydrogen-bond acceptors (Lipinski definition) is 5. The summed E-state index contributed by atoms with van der Waals surface area (Å²) >= 11 is 0. The highest BCUT2D eigenvalue weighted by Crippen LogP contribution is 2.40. The zero-order valence-electron chi connectivity index (χ0n) is 11.0. The lowest BCUT2D eigenvalue weighted by atomic mass is 10.2. The van der Waals surface area contributed by atoms with Crippen LogP contribution in [0.2, 0.25) is 0 Å². The normalized spacial score (nSPS) is 20.6. The predicted molar refractivity (Wildman–Crippen MR) is 72.4 cm³/mol. The fraction of sp³-hybridized carbons (Fsp3) is 0.692. The topological polar surface area (TPSA) is 75.9 Å². The van der Waals surface area contributed by atoms with Crippen molar-refractivity contribution in [2.75, 3.05) is 10.7 Å². The molecule has 0 amide bonds. The van der Waals surface area contributed by atoms with E-state index in [0.717, 1.165) is 28.9 Å². The summed E-state index contributed by atoms with van der Waals surface area (Å²) in [5, 5.41) is 3.52. The molecule has 18 heavy (non-hydrogen) atoms. The van der Waals surface area contributed by atoms with Crippen molar-refractivity contribution in [2.45, 2.75) is 51.5 Å². The lowest BCUT2D eigenvalue weighted by Gasteiger charge is -2.17. The van der Waals surface area contributed by atoms with E-state index in [1.165, 1.54) is 25.7 Å². The van der Waals surface area contributed by atoms with Gasteiger partial charge in [0.05, 0.1) is 0 Å². The average molecular weight is 247 g/mol. The van der Waals surface area contributed by atoms with E-state index in [9.17, 15) is 0 Å². The minimum atomic E-state index is 0.483. The Labute approximate surface area is 108 Å². The number of nitrogens with zero attached hydrogens (tertiary/aromatic N) is 2. The maximum absolute atomic E-state index is 5.54. The molecule has 1 heterocycles. The lowest BCUT2D eigenvalue weighted by molar-refractivity contribution is 0.687. The second-order valence-electron chi connectivity index (χ2n) is 5.59. The van der Waals surface area contributed by atoms with Crippen molar-refractivity contribution in [1.82, 2.24) is 9.97 Å². The predicted octanol–water partition coefficient (Wildman–Crippen LogP) is 2.16. The summed E-state index contributed by atoms with van der Waals surface area (Å²) in [5.74, 6) is 9.51. The second-order valence-corrected chi connectivity index (χ2v) is 5.59. The van der Waals surface area contributed by atoms with E-state index in [4.69, 9.17) is 5.84 Å². The average Bonchev–Trinajstić information content (AvgIpc) is 3.21. The molecule has 2 fully saturated rings. The number of nitrogens with one attached hydrogen (secondary N) is 2. The third kappa shape index (κ3) is 2.27. The first-order valence-corrected chi connectivity index (χ1v) is 6.80. The molecule has 1 unspecified atom stereocenters. The Hall–Kier alpha value is -1.36. The third-order valence-corrected chi connectivity index (χ3v) is 3.94. The summed E-state index contributed by atoms with van der Waals surface area (Å²) in [7, 11) is 0. The Morgan fingerprint density at radius 3 is 2.39 bits per heavy atom. The first-order chi connectivity index (χ1) is 8.69. The van der Waals surface area contributed by atoms with Gasteiger partial charge in [0.15, 0.2) is 0 Å². The molecule has 0 aliphatic heterocycles. The van der Waals surface area contributed by atoms with E-state index >= 15 is 0 Å². The molecule has 5 heteroatoms. The molecule has 0 bridgehead atoms. The number of nitrogens with two attached hydrogens (primary N) is 1. The smallest absolute Gasteiger partial charge is 0.148 e. The highest BCUT2D eigenvalue weighted by Gasteiger charge is 2.31. The van der Waals surface area contributed by atoms with Gasteiger partial charge in [-0.05, 0) is 45.4 Å². The number of hydrogen-bond donors (Lipinski definition) is 3. The summed E-state index contributed by atoms with van der Waals surface area (Å²) in [6.07, 6.45) is 5.06. The molecule has 0 radical (unpaired) electrons. The van der Waals surface area contributed by atoms with E-state index in [1.54, 1.807) is 0 Å². The summed E-state index contributed by atoms with van der Waals surface area (Å²) in [6, 6.07) is 0.483. The standard InChI is InChI=1S/C13H21N5/c1-7-11(15-8(2)9-3-4-9)16-13(10-5-6-10)17-12(7)18-14/h8-10H,3-6,14H2,1-2H3,(H2,15,16,17,18). The molecule has 2 aliphatic carbocycles. The van der Waals surface area contributed by atoms with Crippen molar-refractivity contribution in [2.24, 2.45) is 11.8 Å². The summed E-state index contributed by atoms with van der Waals surface area (Å²) < 4.78 is 0. The molecule has 0 spiro atoms. The molecule has 98 valence electrons. The molecule has 4 N–H and O–H groups in total. The number of anilines is 2. The van der Waals surface area contributed by atoms with Crippen LogP contribution in [0.1, 0.15) is 49.9 Å². The van der Waals surface area contributed by atoms with Gasteiger partial charge in [0, 0.05) is 17.5 Å². The van der Waals surface area contributed by atoms with Crippen LogP contribution in [-0.4, -0.2) is 16.0 Å².